The molecule has 9 heteroatoms. The molecule has 3 rings (SSSR count). The Morgan fingerprint density at radius 3 is 2.67 bits per heavy atom. The van der Waals surface area contributed by atoms with Crippen molar-refractivity contribution in [2.24, 2.45) is 0 Å². The van der Waals surface area contributed by atoms with Crippen molar-refractivity contribution >= 4 is 18.4 Å². The SMILES string of the molecule is CCn1c(CNC(C)C)nc2c1CCCc1c-2[nH]c(=O)c(C(=O)O)c1O.Cl. The molecule has 1 aliphatic rings. The zero-order valence-corrected chi connectivity index (χ0v) is 16.4. The molecule has 8 nitrogen and oxygen atoms in total. The molecule has 0 aliphatic heterocycles. The quantitative estimate of drug-likeness (QED) is 0.614. The van der Waals surface area contributed by atoms with Crippen molar-refractivity contribution in [1.82, 2.24) is 19.9 Å². The first-order chi connectivity index (χ1) is 12.3. The summed E-state index contributed by atoms with van der Waals surface area (Å²) in [6, 6.07) is 0.311. The van der Waals surface area contributed by atoms with E-state index in [0.29, 0.717) is 36.0 Å². The van der Waals surface area contributed by atoms with Gasteiger partial charge in [0.25, 0.3) is 5.56 Å². The second kappa shape index (κ2) is 8.14. The van der Waals surface area contributed by atoms with E-state index >= 15 is 0 Å². The first kappa shape index (κ1) is 21.0. The lowest BCUT2D eigenvalue weighted by atomic mass is 10.0. The van der Waals surface area contributed by atoms with Crippen LogP contribution in [0.3, 0.4) is 0 Å². The summed E-state index contributed by atoms with van der Waals surface area (Å²) in [7, 11) is 0. The molecule has 0 saturated heterocycles. The Balaban J connectivity index is 0.00000261. The Hall–Kier alpha value is -2.32. The number of aromatic amines is 1. The van der Waals surface area contributed by atoms with Crippen molar-refractivity contribution in [3.05, 3.63) is 33.0 Å². The Labute approximate surface area is 163 Å². The molecule has 0 fully saturated rings. The number of carboxylic acids is 1. The van der Waals surface area contributed by atoms with Gasteiger partial charge in [0.15, 0.2) is 5.56 Å². The average Bonchev–Trinajstić information content (AvgIpc) is 2.82. The Morgan fingerprint density at radius 2 is 2.07 bits per heavy atom. The van der Waals surface area contributed by atoms with Gasteiger partial charge in [0.05, 0.1) is 12.2 Å². The smallest absolute Gasteiger partial charge is 0.345 e. The van der Waals surface area contributed by atoms with Gasteiger partial charge in [-0.15, -0.1) is 12.4 Å². The molecule has 2 heterocycles. The maximum atomic E-state index is 12.2. The first-order valence-electron chi connectivity index (χ1n) is 8.88. The van der Waals surface area contributed by atoms with Gasteiger partial charge in [-0.3, -0.25) is 4.79 Å². The molecule has 0 aromatic carbocycles. The number of H-pyrrole nitrogens is 1. The van der Waals surface area contributed by atoms with Gasteiger partial charge < -0.3 is 25.1 Å². The summed E-state index contributed by atoms with van der Waals surface area (Å²) < 4.78 is 2.13. The van der Waals surface area contributed by atoms with Gasteiger partial charge in [-0.1, -0.05) is 13.8 Å². The number of carboxylic acid groups (broad SMARTS) is 1. The summed E-state index contributed by atoms with van der Waals surface area (Å²) in [5.41, 5.74) is 1.10. The van der Waals surface area contributed by atoms with Crippen LogP contribution in [-0.4, -0.2) is 36.8 Å². The van der Waals surface area contributed by atoms with Crippen LogP contribution >= 0.6 is 12.4 Å². The van der Waals surface area contributed by atoms with E-state index in [1.54, 1.807) is 0 Å². The van der Waals surface area contributed by atoms with E-state index in [0.717, 1.165) is 30.9 Å². The van der Waals surface area contributed by atoms with E-state index in [2.05, 4.69) is 28.7 Å². The summed E-state index contributed by atoms with van der Waals surface area (Å²) in [5.74, 6) is -1.02. The van der Waals surface area contributed by atoms with Gasteiger partial charge >= 0.3 is 5.97 Å². The van der Waals surface area contributed by atoms with Crippen molar-refractivity contribution in [2.75, 3.05) is 0 Å². The Kier molecular flexibility index (Phi) is 6.33. The fourth-order valence-electron chi connectivity index (χ4n) is 3.50. The minimum absolute atomic E-state index is 0. The number of hydrogen-bond donors (Lipinski definition) is 4. The molecule has 1 aliphatic carbocycles. The van der Waals surface area contributed by atoms with Crippen LogP contribution in [0, 0.1) is 0 Å². The van der Waals surface area contributed by atoms with Crippen LogP contribution in [0.1, 0.15) is 54.6 Å². The summed E-state index contributed by atoms with van der Waals surface area (Å²) in [5, 5.41) is 23.0. The number of aromatic carboxylic acids is 1. The Morgan fingerprint density at radius 1 is 1.37 bits per heavy atom. The standard InChI is InChI=1S/C18H24N4O4.ClH/c1-4-22-11-7-5-6-10-14(15(11)20-12(22)8-19-9(2)3)21-17(24)13(16(10)23)18(25)26;/h9,19H,4-8H2,1-3H3,(H,25,26)(H2,21,23,24);1H. The van der Waals surface area contributed by atoms with E-state index in [9.17, 15) is 19.8 Å². The number of aromatic nitrogens is 3. The maximum Gasteiger partial charge on any atom is 0.345 e. The van der Waals surface area contributed by atoms with Crippen molar-refractivity contribution in [3.63, 3.8) is 0 Å². The van der Waals surface area contributed by atoms with E-state index < -0.39 is 22.8 Å². The molecule has 0 saturated carbocycles. The van der Waals surface area contributed by atoms with Gasteiger partial charge in [-0.2, -0.15) is 0 Å². The summed E-state index contributed by atoms with van der Waals surface area (Å²) in [6.07, 6.45) is 1.97. The second-order valence-electron chi connectivity index (χ2n) is 6.79. The third-order valence-corrected chi connectivity index (χ3v) is 4.72. The van der Waals surface area contributed by atoms with Crippen LogP contribution < -0.4 is 10.9 Å². The van der Waals surface area contributed by atoms with Crippen LogP contribution in [0.2, 0.25) is 0 Å². The minimum atomic E-state index is -1.43. The number of imidazole rings is 1. The van der Waals surface area contributed by atoms with Gasteiger partial charge in [-0.05, 0) is 26.2 Å². The molecule has 0 unspecified atom stereocenters. The molecule has 0 atom stereocenters. The summed E-state index contributed by atoms with van der Waals surface area (Å²) in [6.45, 7) is 7.50. The van der Waals surface area contributed by atoms with Crippen molar-refractivity contribution in [1.29, 1.82) is 0 Å². The molecule has 0 radical (unpaired) electrons. The van der Waals surface area contributed by atoms with Crippen molar-refractivity contribution < 1.29 is 15.0 Å². The number of nitrogens with zero attached hydrogens (tertiary/aromatic N) is 2. The third-order valence-electron chi connectivity index (χ3n) is 4.72. The molecule has 2 aromatic heterocycles. The number of fused-ring (bicyclic) bond motifs is 3. The van der Waals surface area contributed by atoms with Crippen LogP contribution in [-0.2, 0) is 25.9 Å². The number of aromatic hydroxyl groups is 1. The maximum absolute atomic E-state index is 12.2. The predicted molar refractivity (Wildman–Crippen MR) is 104 cm³/mol. The van der Waals surface area contributed by atoms with Crippen LogP contribution in [0.4, 0.5) is 0 Å². The highest BCUT2D eigenvalue weighted by molar-refractivity contribution is 5.92. The molecule has 2 aromatic rings. The lowest BCUT2D eigenvalue weighted by molar-refractivity contribution is 0.0691. The number of carbonyl (C=O) groups is 1. The highest BCUT2D eigenvalue weighted by atomic mass is 35.5. The van der Waals surface area contributed by atoms with Crippen molar-refractivity contribution in [2.45, 2.75) is 59.2 Å². The molecular weight excluding hydrogens is 372 g/mol. The third kappa shape index (κ3) is 3.72. The van der Waals surface area contributed by atoms with Gasteiger partial charge in [-0.25, -0.2) is 9.78 Å². The monoisotopic (exact) mass is 396 g/mol. The van der Waals surface area contributed by atoms with E-state index in [1.165, 1.54) is 0 Å². The van der Waals surface area contributed by atoms with Crippen LogP contribution in [0.25, 0.3) is 11.4 Å². The van der Waals surface area contributed by atoms with E-state index in [1.807, 2.05) is 6.92 Å². The molecular formula is C18H25ClN4O4. The topological polar surface area (TPSA) is 120 Å². The number of halogens is 1. The summed E-state index contributed by atoms with van der Waals surface area (Å²) in [4.78, 5) is 30.9. The number of pyridine rings is 1. The lowest BCUT2D eigenvalue weighted by Gasteiger charge is -2.11. The Bertz CT molecular complexity index is 917. The normalized spacial score (nSPS) is 12.9. The first-order valence-corrected chi connectivity index (χ1v) is 8.88. The largest absolute Gasteiger partial charge is 0.506 e. The fraction of sp³-hybridized carbons (Fsp3) is 0.500. The summed E-state index contributed by atoms with van der Waals surface area (Å²) >= 11 is 0. The number of nitrogens with one attached hydrogen (secondary N) is 2. The van der Waals surface area contributed by atoms with Gasteiger partial charge in [0.2, 0.25) is 0 Å². The highest BCUT2D eigenvalue weighted by Gasteiger charge is 2.28. The van der Waals surface area contributed by atoms with Gasteiger partial charge in [0, 0.05) is 23.8 Å². The fourth-order valence-corrected chi connectivity index (χ4v) is 3.50. The predicted octanol–water partition coefficient (Wildman–Crippen LogP) is 2.07. The lowest BCUT2D eigenvalue weighted by Crippen LogP contribution is -2.24. The number of hydrogen-bond acceptors (Lipinski definition) is 5. The van der Waals surface area contributed by atoms with Crippen LogP contribution in [0.5, 0.6) is 5.75 Å². The van der Waals surface area contributed by atoms with Gasteiger partial charge in [0.1, 0.15) is 17.3 Å². The number of rotatable bonds is 5. The highest BCUT2D eigenvalue weighted by Crippen LogP contribution is 2.35. The van der Waals surface area contributed by atoms with Crippen molar-refractivity contribution in [3.8, 4) is 17.1 Å². The van der Waals surface area contributed by atoms with E-state index in [-0.39, 0.29) is 12.4 Å². The molecule has 0 amide bonds. The molecule has 148 valence electrons. The van der Waals surface area contributed by atoms with E-state index in [4.69, 9.17) is 4.98 Å². The van der Waals surface area contributed by atoms with Crippen LogP contribution in [0.15, 0.2) is 4.79 Å². The zero-order chi connectivity index (χ0) is 19.0. The minimum Gasteiger partial charge on any atom is -0.506 e. The second-order valence-corrected chi connectivity index (χ2v) is 6.79. The molecule has 4 N–H and O–H groups in total. The molecule has 0 bridgehead atoms. The molecule has 27 heavy (non-hydrogen) atoms. The molecule has 0 spiro atoms. The zero-order valence-electron chi connectivity index (χ0n) is 15.6. The average molecular weight is 397 g/mol.